The molecule has 2 heterocycles. The number of aryl methyl sites for hydroxylation is 2. The molecule has 0 fully saturated rings. The van der Waals surface area contributed by atoms with E-state index in [0.29, 0.717) is 11.4 Å². The normalized spacial score (nSPS) is 12.0. The van der Waals surface area contributed by atoms with E-state index in [0.717, 1.165) is 29.2 Å². The molecular formula is C21H26N4O2S. The van der Waals surface area contributed by atoms with E-state index in [1.807, 2.05) is 78.1 Å². The first kappa shape index (κ1) is 20.1. The zero-order valence-electron chi connectivity index (χ0n) is 16.7. The number of anilines is 1. The van der Waals surface area contributed by atoms with E-state index in [1.165, 1.54) is 0 Å². The predicted molar refractivity (Wildman–Crippen MR) is 115 cm³/mol. The molecule has 6 nitrogen and oxygen atoms in total. The smallest absolute Gasteiger partial charge is 0.247 e. The topological polar surface area (TPSA) is 61.1 Å². The minimum atomic E-state index is -0.246. The van der Waals surface area contributed by atoms with Gasteiger partial charge >= 0.3 is 0 Å². The van der Waals surface area contributed by atoms with Gasteiger partial charge in [-0.25, -0.2) is 4.68 Å². The standard InChI is InChI=1S/C21H26N4O2S/c1-15-13-16(2)25(23-15)18-8-7-17(14-20(18)27-3)22-21(26)19(9-12-28-4)24-10-5-6-11-24/h5-8,10-11,13-14,19H,9,12H2,1-4H3,(H,22,26). The van der Waals surface area contributed by atoms with Gasteiger partial charge in [0.15, 0.2) is 0 Å². The van der Waals surface area contributed by atoms with Gasteiger partial charge in [0.1, 0.15) is 17.5 Å². The summed E-state index contributed by atoms with van der Waals surface area (Å²) < 4.78 is 9.36. The van der Waals surface area contributed by atoms with Gasteiger partial charge in [0.2, 0.25) is 5.91 Å². The van der Waals surface area contributed by atoms with Crippen LogP contribution >= 0.6 is 11.8 Å². The maximum Gasteiger partial charge on any atom is 0.247 e. The molecule has 1 atom stereocenters. The fourth-order valence-corrected chi connectivity index (χ4v) is 3.69. The predicted octanol–water partition coefficient (Wildman–Crippen LogP) is 4.23. The molecule has 3 rings (SSSR count). The highest BCUT2D eigenvalue weighted by molar-refractivity contribution is 7.98. The van der Waals surface area contributed by atoms with Crippen molar-refractivity contribution in [3.63, 3.8) is 0 Å². The quantitative estimate of drug-likeness (QED) is 0.617. The molecular weight excluding hydrogens is 372 g/mol. The molecule has 2 aromatic heterocycles. The number of methoxy groups -OCH3 is 1. The molecule has 0 radical (unpaired) electrons. The molecule has 1 N–H and O–H groups in total. The van der Waals surface area contributed by atoms with Crippen LogP contribution in [-0.2, 0) is 4.79 Å². The third-order valence-electron chi connectivity index (χ3n) is 4.57. The number of hydrogen-bond donors (Lipinski definition) is 1. The second kappa shape index (κ2) is 9.01. The maximum absolute atomic E-state index is 12.9. The SMILES string of the molecule is COc1cc(NC(=O)C(CCSC)n2cccc2)ccc1-n1nc(C)cc1C. The highest BCUT2D eigenvalue weighted by Gasteiger charge is 2.20. The summed E-state index contributed by atoms with van der Waals surface area (Å²) in [5.74, 6) is 1.54. The molecule has 0 aliphatic carbocycles. The first-order chi connectivity index (χ1) is 13.5. The Bertz CT molecular complexity index is 934. The summed E-state index contributed by atoms with van der Waals surface area (Å²) in [6, 6.07) is 11.3. The van der Waals surface area contributed by atoms with E-state index < -0.39 is 0 Å². The molecule has 7 heteroatoms. The molecule has 0 spiro atoms. The van der Waals surface area contributed by atoms with Crippen LogP contribution in [0.15, 0.2) is 48.8 Å². The molecule has 1 unspecified atom stereocenters. The van der Waals surface area contributed by atoms with E-state index in [-0.39, 0.29) is 11.9 Å². The summed E-state index contributed by atoms with van der Waals surface area (Å²) in [4.78, 5) is 12.9. The van der Waals surface area contributed by atoms with Crippen LogP contribution in [-0.4, -0.2) is 39.4 Å². The molecule has 148 valence electrons. The third kappa shape index (κ3) is 4.42. The van der Waals surface area contributed by atoms with Crippen LogP contribution in [0.2, 0.25) is 0 Å². The number of aromatic nitrogens is 3. The highest BCUT2D eigenvalue weighted by atomic mass is 32.2. The lowest BCUT2D eigenvalue weighted by molar-refractivity contribution is -0.119. The van der Waals surface area contributed by atoms with E-state index in [9.17, 15) is 4.79 Å². The zero-order valence-corrected chi connectivity index (χ0v) is 17.5. The van der Waals surface area contributed by atoms with Crippen LogP contribution in [0.25, 0.3) is 5.69 Å². The largest absolute Gasteiger partial charge is 0.494 e. The molecule has 0 bridgehead atoms. The summed E-state index contributed by atoms with van der Waals surface area (Å²) in [6.45, 7) is 3.96. The average Bonchev–Trinajstić information content (AvgIpc) is 3.31. The number of hydrogen-bond acceptors (Lipinski definition) is 4. The van der Waals surface area contributed by atoms with Gasteiger partial charge in [-0.3, -0.25) is 4.79 Å². The second-order valence-electron chi connectivity index (χ2n) is 6.64. The Labute approximate surface area is 169 Å². The maximum atomic E-state index is 12.9. The van der Waals surface area contributed by atoms with E-state index in [1.54, 1.807) is 18.9 Å². The van der Waals surface area contributed by atoms with E-state index in [2.05, 4.69) is 10.4 Å². The Hall–Kier alpha value is -2.67. The molecule has 0 aliphatic rings. The van der Waals surface area contributed by atoms with Crippen LogP contribution in [0.1, 0.15) is 23.9 Å². The molecule has 28 heavy (non-hydrogen) atoms. The van der Waals surface area contributed by atoms with Crippen LogP contribution in [0.5, 0.6) is 5.75 Å². The number of nitrogens with one attached hydrogen (secondary N) is 1. The summed E-state index contributed by atoms with van der Waals surface area (Å²) in [5, 5.41) is 7.55. The monoisotopic (exact) mass is 398 g/mol. The first-order valence-corrected chi connectivity index (χ1v) is 10.6. The van der Waals surface area contributed by atoms with Crippen molar-refractivity contribution in [2.45, 2.75) is 26.3 Å². The van der Waals surface area contributed by atoms with Crippen LogP contribution in [0.4, 0.5) is 5.69 Å². The lowest BCUT2D eigenvalue weighted by atomic mass is 10.2. The van der Waals surface area contributed by atoms with Crippen molar-refractivity contribution >= 4 is 23.4 Å². The van der Waals surface area contributed by atoms with Gasteiger partial charge in [-0.2, -0.15) is 16.9 Å². The molecule has 0 saturated heterocycles. The van der Waals surface area contributed by atoms with Gasteiger partial charge in [-0.15, -0.1) is 0 Å². The Kier molecular flexibility index (Phi) is 6.46. The van der Waals surface area contributed by atoms with Gasteiger partial charge in [-0.05, 0) is 62.6 Å². The third-order valence-corrected chi connectivity index (χ3v) is 5.21. The number of amides is 1. The van der Waals surface area contributed by atoms with Gasteiger partial charge < -0.3 is 14.6 Å². The molecule has 0 saturated carbocycles. The Morgan fingerprint density at radius 3 is 2.61 bits per heavy atom. The second-order valence-corrected chi connectivity index (χ2v) is 7.63. The van der Waals surface area contributed by atoms with Crippen molar-refractivity contribution in [3.05, 3.63) is 60.2 Å². The average molecular weight is 399 g/mol. The summed E-state index contributed by atoms with van der Waals surface area (Å²) in [6.07, 6.45) is 6.67. The Morgan fingerprint density at radius 1 is 1.25 bits per heavy atom. The lowest BCUT2D eigenvalue weighted by Gasteiger charge is -2.19. The van der Waals surface area contributed by atoms with Crippen LogP contribution < -0.4 is 10.1 Å². The Balaban J connectivity index is 1.83. The number of carbonyl (C=O) groups excluding carboxylic acids is 1. The zero-order chi connectivity index (χ0) is 20.1. The summed E-state index contributed by atoms with van der Waals surface area (Å²) in [5.41, 5.74) is 3.52. The fraction of sp³-hybridized carbons (Fsp3) is 0.333. The van der Waals surface area contributed by atoms with Gasteiger partial charge in [0.05, 0.1) is 12.8 Å². The minimum Gasteiger partial charge on any atom is -0.494 e. The van der Waals surface area contributed by atoms with Crippen LogP contribution in [0, 0.1) is 13.8 Å². The van der Waals surface area contributed by atoms with E-state index in [4.69, 9.17) is 4.74 Å². The minimum absolute atomic E-state index is 0.0360. The number of benzene rings is 1. The number of nitrogens with zero attached hydrogens (tertiary/aromatic N) is 3. The highest BCUT2D eigenvalue weighted by Crippen LogP contribution is 2.28. The number of carbonyl (C=O) groups is 1. The van der Waals surface area contributed by atoms with Crippen molar-refractivity contribution in [1.82, 2.24) is 14.3 Å². The van der Waals surface area contributed by atoms with Crippen molar-refractivity contribution < 1.29 is 9.53 Å². The van der Waals surface area contributed by atoms with Gasteiger partial charge in [-0.1, -0.05) is 0 Å². The molecule has 3 aromatic rings. The van der Waals surface area contributed by atoms with Gasteiger partial charge in [0.25, 0.3) is 0 Å². The van der Waals surface area contributed by atoms with Crippen molar-refractivity contribution in [2.24, 2.45) is 0 Å². The molecule has 1 aromatic carbocycles. The van der Waals surface area contributed by atoms with Crippen molar-refractivity contribution in [1.29, 1.82) is 0 Å². The fourth-order valence-electron chi connectivity index (χ4n) is 3.23. The number of rotatable bonds is 8. The summed E-state index contributed by atoms with van der Waals surface area (Å²) >= 11 is 1.74. The lowest BCUT2D eigenvalue weighted by Crippen LogP contribution is -2.26. The van der Waals surface area contributed by atoms with Gasteiger partial charge in [0, 0.05) is 29.8 Å². The number of ether oxygens (including phenoxy) is 1. The van der Waals surface area contributed by atoms with E-state index >= 15 is 0 Å². The molecule has 1 amide bonds. The number of thioether (sulfide) groups is 1. The Morgan fingerprint density at radius 2 is 2.00 bits per heavy atom. The van der Waals surface area contributed by atoms with Crippen molar-refractivity contribution in [3.8, 4) is 11.4 Å². The van der Waals surface area contributed by atoms with Crippen molar-refractivity contribution in [2.75, 3.05) is 24.4 Å². The van der Waals surface area contributed by atoms with Crippen LogP contribution in [0.3, 0.4) is 0 Å². The molecule has 0 aliphatic heterocycles. The first-order valence-electron chi connectivity index (χ1n) is 9.17. The summed E-state index contributed by atoms with van der Waals surface area (Å²) in [7, 11) is 1.62.